The van der Waals surface area contributed by atoms with Crippen molar-refractivity contribution in [3.8, 4) is 0 Å². The van der Waals surface area contributed by atoms with Gasteiger partial charge in [-0.3, -0.25) is 9.59 Å². The standard InChI is InChI=1S/C21H32N4O3/c26-15-17-8-11-25(12-9-17)21-18(7-4-10-22-21)24-20(28)14-23-19(27)13-16-5-2-1-3-6-16/h4,7,10,16-17,26H,1-3,5-6,8-9,11-15H2,(H,23,27)(H,24,28). The van der Waals surface area contributed by atoms with Crippen LogP contribution in [0.1, 0.15) is 51.4 Å². The van der Waals surface area contributed by atoms with E-state index < -0.39 is 0 Å². The molecule has 28 heavy (non-hydrogen) atoms. The van der Waals surface area contributed by atoms with Crippen LogP contribution in [-0.2, 0) is 9.59 Å². The molecule has 1 saturated carbocycles. The quantitative estimate of drug-likeness (QED) is 0.666. The van der Waals surface area contributed by atoms with Crippen LogP contribution in [0.5, 0.6) is 0 Å². The highest BCUT2D eigenvalue weighted by molar-refractivity contribution is 5.96. The molecule has 1 aromatic heterocycles. The maximum absolute atomic E-state index is 12.3. The highest BCUT2D eigenvalue weighted by Gasteiger charge is 2.22. The Kier molecular flexibility index (Phi) is 7.65. The van der Waals surface area contributed by atoms with Crippen LogP contribution in [0, 0.1) is 11.8 Å². The lowest BCUT2D eigenvalue weighted by Crippen LogP contribution is -2.37. The van der Waals surface area contributed by atoms with Crippen molar-refractivity contribution >= 4 is 23.3 Å². The molecular weight excluding hydrogens is 356 g/mol. The SMILES string of the molecule is O=C(CC1CCCCC1)NCC(=O)Nc1cccnc1N1CCC(CO)CC1. The number of pyridine rings is 1. The van der Waals surface area contributed by atoms with Crippen molar-refractivity contribution in [1.29, 1.82) is 0 Å². The average molecular weight is 389 g/mol. The fourth-order valence-electron chi connectivity index (χ4n) is 4.17. The summed E-state index contributed by atoms with van der Waals surface area (Å²) in [6, 6.07) is 3.63. The summed E-state index contributed by atoms with van der Waals surface area (Å²) in [5, 5.41) is 14.9. The number of hydrogen-bond acceptors (Lipinski definition) is 5. The van der Waals surface area contributed by atoms with E-state index in [1.54, 1.807) is 12.3 Å². The molecule has 2 heterocycles. The zero-order valence-corrected chi connectivity index (χ0v) is 16.5. The van der Waals surface area contributed by atoms with Crippen LogP contribution in [0.2, 0.25) is 0 Å². The topological polar surface area (TPSA) is 94.6 Å². The van der Waals surface area contributed by atoms with Crippen molar-refractivity contribution in [3.63, 3.8) is 0 Å². The summed E-state index contributed by atoms with van der Waals surface area (Å²) in [7, 11) is 0. The van der Waals surface area contributed by atoms with E-state index in [4.69, 9.17) is 0 Å². The maximum atomic E-state index is 12.3. The molecule has 1 aromatic rings. The van der Waals surface area contributed by atoms with Crippen LogP contribution in [0.25, 0.3) is 0 Å². The molecule has 1 aliphatic heterocycles. The second-order valence-corrected chi connectivity index (χ2v) is 8.02. The lowest BCUT2D eigenvalue weighted by atomic mass is 9.87. The van der Waals surface area contributed by atoms with E-state index in [-0.39, 0.29) is 25.0 Å². The van der Waals surface area contributed by atoms with Crippen LogP contribution >= 0.6 is 0 Å². The van der Waals surface area contributed by atoms with Crippen molar-refractivity contribution in [2.24, 2.45) is 11.8 Å². The number of anilines is 2. The fourth-order valence-corrected chi connectivity index (χ4v) is 4.17. The smallest absolute Gasteiger partial charge is 0.243 e. The van der Waals surface area contributed by atoms with Gasteiger partial charge in [0.25, 0.3) is 0 Å². The Morgan fingerprint density at radius 1 is 1.07 bits per heavy atom. The lowest BCUT2D eigenvalue weighted by molar-refractivity contribution is -0.125. The lowest BCUT2D eigenvalue weighted by Gasteiger charge is -2.33. The van der Waals surface area contributed by atoms with Crippen molar-refractivity contribution in [2.45, 2.75) is 51.4 Å². The van der Waals surface area contributed by atoms with Crippen molar-refractivity contribution in [2.75, 3.05) is 36.5 Å². The zero-order valence-electron chi connectivity index (χ0n) is 16.5. The van der Waals surface area contributed by atoms with Crippen LogP contribution in [0.3, 0.4) is 0 Å². The predicted octanol–water partition coefficient (Wildman–Crippen LogP) is 2.32. The maximum Gasteiger partial charge on any atom is 0.243 e. The van der Waals surface area contributed by atoms with E-state index in [1.807, 2.05) is 6.07 Å². The predicted molar refractivity (Wildman–Crippen MR) is 109 cm³/mol. The van der Waals surface area contributed by atoms with Crippen LogP contribution in [-0.4, -0.2) is 48.1 Å². The molecule has 0 unspecified atom stereocenters. The number of nitrogens with one attached hydrogen (secondary N) is 2. The van der Waals surface area contributed by atoms with Gasteiger partial charge in [0.2, 0.25) is 11.8 Å². The largest absolute Gasteiger partial charge is 0.396 e. The van der Waals surface area contributed by atoms with E-state index in [9.17, 15) is 14.7 Å². The van der Waals surface area contributed by atoms with Gasteiger partial charge < -0.3 is 20.6 Å². The molecule has 0 bridgehead atoms. The molecule has 1 aliphatic carbocycles. The van der Waals surface area contributed by atoms with Crippen molar-refractivity contribution in [3.05, 3.63) is 18.3 Å². The molecule has 1 saturated heterocycles. The number of nitrogens with zero attached hydrogens (tertiary/aromatic N) is 2. The van der Waals surface area contributed by atoms with Gasteiger partial charge in [-0.25, -0.2) is 4.98 Å². The number of carbonyl (C=O) groups is 2. The third-order valence-electron chi connectivity index (χ3n) is 5.88. The Balaban J connectivity index is 1.48. The van der Waals surface area contributed by atoms with Gasteiger partial charge in [0.15, 0.2) is 5.82 Å². The Morgan fingerprint density at radius 3 is 2.54 bits per heavy atom. The number of aromatic nitrogens is 1. The molecule has 7 heteroatoms. The summed E-state index contributed by atoms with van der Waals surface area (Å²) < 4.78 is 0. The Labute approximate surface area is 166 Å². The van der Waals surface area contributed by atoms with Gasteiger partial charge in [-0.2, -0.15) is 0 Å². The number of aliphatic hydroxyl groups is 1. The summed E-state index contributed by atoms with van der Waals surface area (Å²) in [6.07, 6.45) is 9.98. The number of rotatable bonds is 7. The van der Waals surface area contributed by atoms with Gasteiger partial charge in [0.05, 0.1) is 12.2 Å². The van der Waals surface area contributed by atoms with E-state index in [1.165, 1.54) is 19.3 Å². The molecule has 2 fully saturated rings. The van der Waals surface area contributed by atoms with Gasteiger partial charge in [0.1, 0.15) is 0 Å². The molecular formula is C21H32N4O3. The van der Waals surface area contributed by atoms with E-state index in [2.05, 4.69) is 20.5 Å². The monoisotopic (exact) mass is 388 g/mol. The number of amides is 2. The van der Waals surface area contributed by atoms with E-state index in [0.29, 0.717) is 23.9 Å². The molecule has 0 radical (unpaired) electrons. The first-order valence-corrected chi connectivity index (χ1v) is 10.5. The van der Waals surface area contributed by atoms with Crippen LogP contribution < -0.4 is 15.5 Å². The van der Waals surface area contributed by atoms with Gasteiger partial charge >= 0.3 is 0 Å². The second-order valence-electron chi connectivity index (χ2n) is 8.02. The molecule has 7 nitrogen and oxygen atoms in total. The first kappa shape index (κ1) is 20.6. The van der Waals surface area contributed by atoms with Crippen LogP contribution in [0.4, 0.5) is 11.5 Å². The summed E-state index contributed by atoms with van der Waals surface area (Å²) in [5.74, 6) is 1.28. The van der Waals surface area contributed by atoms with E-state index >= 15 is 0 Å². The third kappa shape index (κ3) is 5.92. The van der Waals surface area contributed by atoms with Gasteiger partial charge in [-0.15, -0.1) is 0 Å². The summed E-state index contributed by atoms with van der Waals surface area (Å²) in [6.45, 7) is 1.82. The molecule has 0 atom stereocenters. The van der Waals surface area contributed by atoms with Crippen molar-refractivity contribution < 1.29 is 14.7 Å². The Bertz CT molecular complexity index is 653. The van der Waals surface area contributed by atoms with Gasteiger partial charge in [-0.1, -0.05) is 19.3 Å². The molecule has 0 spiro atoms. The number of aliphatic hydroxyl groups excluding tert-OH is 1. The number of carbonyl (C=O) groups excluding carboxylic acids is 2. The fraction of sp³-hybridized carbons (Fsp3) is 0.667. The molecule has 2 aliphatic rings. The second kappa shape index (κ2) is 10.4. The van der Waals surface area contributed by atoms with Gasteiger partial charge in [-0.05, 0) is 49.7 Å². The highest BCUT2D eigenvalue weighted by Crippen LogP contribution is 2.28. The summed E-state index contributed by atoms with van der Waals surface area (Å²) >= 11 is 0. The molecule has 2 amide bonds. The molecule has 3 rings (SSSR count). The molecule has 3 N–H and O–H groups in total. The number of hydrogen-bond donors (Lipinski definition) is 3. The minimum atomic E-state index is -0.239. The summed E-state index contributed by atoms with van der Waals surface area (Å²) in [4.78, 5) is 31.0. The average Bonchev–Trinajstić information content (AvgIpc) is 2.73. The summed E-state index contributed by atoms with van der Waals surface area (Å²) in [5.41, 5.74) is 0.663. The molecule has 154 valence electrons. The third-order valence-corrected chi connectivity index (χ3v) is 5.88. The Morgan fingerprint density at radius 2 is 1.82 bits per heavy atom. The normalized spacial score (nSPS) is 18.7. The van der Waals surface area contributed by atoms with E-state index in [0.717, 1.165) is 44.6 Å². The highest BCUT2D eigenvalue weighted by atomic mass is 16.3. The first-order valence-electron chi connectivity index (χ1n) is 10.5. The van der Waals surface area contributed by atoms with Gasteiger partial charge in [0, 0.05) is 32.3 Å². The van der Waals surface area contributed by atoms with Crippen molar-refractivity contribution in [1.82, 2.24) is 10.3 Å². The minimum Gasteiger partial charge on any atom is -0.396 e. The van der Waals surface area contributed by atoms with Crippen LogP contribution in [0.15, 0.2) is 18.3 Å². The minimum absolute atomic E-state index is 0.0214. The zero-order chi connectivity index (χ0) is 19.8. The first-order chi connectivity index (χ1) is 13.7. The number of piperidine rings is 1. The Hall–Kier alpha value is -2.15. The molecule has 0 aromatic carbocycles.